The maximum atomic E-state index is 12.8. The van der Waals surface area contributed by atoms with Crippen LogP contribution in [0.4, 0.5) is 0 Å². The van der Waals surface area contributed by atoms with Crippen molar-refractivity contribution in [1.82, 2.24) is 0 Å². The lowest BCUT2D eigenvalue weighted by molar-refractivity contribution is -0.166. The normalized spacial score (nSPS) is 12.4. The van der Waals surface area contributed by atoms with E-state index in [0.717, 1.165) is 70.6 Å². The summed E-state index contributed by atoms with van der Waals surface area (Å²) in [5.41, 5.74) is 0. The van der Waals surface area contributed by atoms with E-state index in [-0.39, 0.29) is 31.6 Å². The number of allylic oxidation sites excluding steroid dienone is 9. The number of ether oxygens (including phenoxy) is 3. The Morgan fingerprint density at radius 2 is 0.551 bits per heavy atom. The summed E-state index contributed by atoms with van der Waals surface area (Å²) in [5.74, 6) is -1.02. The summed E-state index contributed by atoms with van der Waals surface area (Å²) >= 11 is 0. The molecular formula is C63H112O6. The first-order chi connectivity index (χ1) is 34.0. The van der Waals surface area contributed by atoms with E-state index < -0.39 is 12.1 Å². The van der Waals surface area contributed by atoms with E-state index in [4.69, 9.17) is 14.2 Å². The van der Waals surface area contributed by atoms with Crippen LogP contribution < -0.4 is 0 Å². The predicted molar refractivity (Wildman–Crippen MR) is 298 cm³/mol. The van der Waals surface area contributed by atoms with Gasteiger partial charge in [-0.3, -0.25) is 14.4 Å². The highest BCUT2D eigenvalue weighted by Crippen LogP contribution is 2.17. The van der Waals surface area contributed by atoms with E-state index in [2.05, 4.69) is 69.4 Å². The second kappa shape index (κ2) is 57.7. The number of hydrogen-bond donors (Lipinski definition) is 0. The smallest absolute Gasteiger partial charge is 0.310 e. The number of carbonyl (C=O) groups is 3. The van der Waals surface area contributed by atoms with Crippen LogP contribution in [0, 0.1) is 0 Å². The van der Waals surface area contributed by atoms with Crippen LogP contribution in [-0.2, 0) is 28.6 Å². The van der Waals surface area contributed by atoms with Crippen LogP contribution in [0.2, 0.25) is 0 Å². The molecule has 0 aliphatic carbocycles. The first-order valence-electron chi connectivity index (χ1n) is 29.8. The average molecular weight is 966 g/mol. The van der Waals surface area contributed by atoms with Gasteiger partial charge in [0, 0.05) is 12.8 Å². The molecule has 0 saturated heterocycles. The fourth-order valence-corrected chi connectivity index (χ4v) is 8.64. The van der Waals surface area contributed by atoms with Gasteiger partial charge in [-0.1, -0.05) is 300 Å². The zero-order valence-electron chi connectivity index (χ0n) is 45.8. The zero-order valence-corrected chi connectivity index (χ0v) is 45.8. The van der Waals surface area contributed by atoms with Gasteiger partial charge < -0.3 is 14.2 Å². The second-order valence-corrected chi connectivity index (χ2v) is 19.9. The zero-order chi connectivity index (χ0) is 50.0. The molecule has 0 amide bonds. The van der Waals surface area contributed by atoms with Gasteiger partial charge in [0.2, 0.25) is 0 Å². The molecule has 0 fully saturated rings. The molecule has 1 atom stereocenters. The molecule has 400 valence electrons. The molecule has 0 aromatic heterocycles. The highest BCUT2D eigenvalue weighted by molar-refractivity contribution is 5.72. The fraction of sp³-hybridized carbons (Fsp3) is 0.794. The fourth-order valence-electron chi connectivity index (χ4n) is 8.64. The van der Waals surface area contributed by atoms with Gasteiger partial charge in [0.05, 0.1) is 6.42 Å². The number of rotatable bonds is 54. The van der Waals surface area contributed by atoms with Crippen molar-refractivity contribution in [2.24, 2.45) is 0 Å². The Morgan fingerprint density at radius 3 is 0.826 bits per heavy atom. The molecule has 0 bridgehead atoms. The van der Waals surface area contributed by atoms with Crippen LogP contribution >= 0.6 is 0 Å². The van der Waals surface area contributed by atoms with E-state index in [1.165, 1.54) is 193 Å². The molecule has 6 nitrogen and oxygen atoms in total. The summed E-state index contributed by atoms with van der Waals surface area (Å²) in [6.45, 7) is 6.48. The van der Waals surface area contributed by atoms with Crippen molar-refractivity contribution in [2.75, 3.05) is 13.2 Å². The summed E-state index contributed by atoms with van der Waals surface area (Å²) in [4.78, 5) is 38.1. The van der Waals surface area contributed by atoms with Crippen molar-refractivity contribution in [3.8, 4) is 0 Å². The SMILES string of the molecule is CC/C=C\C/C=C\C/C=C\C/C=C\C/C=C\CC(=O)OC(COC(=O)CCCCCCCCCCCCCCCC)COC(=O)CCCCCCCCCCCCCCCCCCCCCCCC. The minimum atomic E-state index is -0.825. The molecule has 0 aromatic rings. The van der Waals surface area contributed by atoms with Crippen LogP contribution in [-0.4, -0.2) is 37.2 Å². The summed E-state index contributed by atoms with van der Waals surface area (Å²) in [7, 11) is 0. The first-order valence-corrected chi connectivity index (χ1v) is 29.8. The van der Waals surface area contributed by atoms with Crippen molar-refractivity contribution < 1.29 is 28.6 Å². The van der Waals surface area contributed by atoms with Crippen LogP contribution in [0.3, 0.4) is 0 Å². The van der Waals surface area contributed by atoms with Crippen molar-refractivity contribution in [2.45, 2.75) is 309 Å². The minimum Gasteiger partial charge on any atom is -0.462 e. The molecule has 1 unspecified atom stereocenters. The Hall–Kier alpha value is -2.89. The van der Waals surface area contributed by atoms with Crippen LogP contribution in [0.1, 0.15) is 303 Å². The Kier molecular flexibility index (Phi) is 55.3. The quantitative estimate of drug-likeness (QED) is 0.0262. The number of hydrogen-bond acceptors (Lipinski definition) is 6. The highest BCUT2D eigenvalue weighted by atomic mass is 16.6. The minimum absolute atomic E-state index is 0.102. The number of carbonyl (C=O) groups excluding carboxylic acids is 3. The van der Waals surface area contributed by atoms with E-state index in [1.807, 2.05) is 6.08 Å². The monoisotopic (exact) mass is 965 g/mol. The molecule has 0 aliphatic heterocycles. The third-order valence-corrected chi connectivity index (χ3v) is 13.1. The van der Waals surface area contributed by atoms with Gasteiger partial charge in [-0.25, -0.2) is 0 Å². The Morgan fingerprint density at radius 1 is 0.304 bits per heavy atom. The Labute approximate surface area is 428 Å². The maximum absolute atomic E-state index is 12.8. The molecule has 0 saturated carbocycles. The molecule has 0 aromatic carbocycles. The molecule has 6 heteroatoms. The largest absolute Gasteiger partial charge is 0.462 e. The topological polar surface area (TPSA) is 78.9 Å². The van der Waals surface area contributed by atoms with Crippen molar-refractivity contribution in [3.05, 3.63) is 60.8 Å². The number of esters is 3. The summed E-state index contributed by atoms with van der Waals surface area (Å²) < 4.78 is 16.8. The standard InChI is InChI=1S/C63H112O6/c1-4-7-10-13-16-19-22-25-28-29-30-31-32-33-34-36-38-41-44-47-50-53-56-62(65)68-59-60(58-67-61(64)55-52-49-46-43-40-37-27-24-21-18-15-12-9-6-3)69-63(66)57-54-51-48-45-42-39-35-26-23-20-17-14-11-8-5-2/h8,11,17,20,26,35,42,45,51,54,60H,4-7,9-10,12-16,18-19,21-25,27-34,36-41,43-44,46-50,52-53,55-59H2,1-3H3/b11-8-,20-17-,35-26-,45-42-,54-51-. The van der Waals surface area contributed by atoms with Gasteiger partial charge in [-0.05, 0) is 44.9 Å². The van der Waals surface area contributed by atoms with Crippen molar-refractivity contribution >= 4 is 17.9 Å². The molecule has 0 rings (SSSR count). The maximum Gasteiger partial charge on any atom is 0.310 e. The van der Waals surface area contributed by atoms with Crippen LogP contribution in [0.25, 0.3) is 0 Å². The van der Waals surface area contributed by atoms with Gasteiger partial charge in [-0.2, -0.15) is 0 Å². The molecule has 0 spiro atoms. The molecule has 0 radical (unpaired) electrons. The molecule has 0 heterocycles. The van der Waals surface area contributed by atoms with Gasteiger partial charge >= 0.3 is 17.9 Å². The van der Waals surface area contributed by atoms with E-state index >= 15 is 0 Å². The van der Waals surface area contributed by atoms with E-state index in [0.29, 0.717) is 12.8 Å². The van der Waals surface area contributed by atoms with Crippen molar-refractivity contribution in [3.63, 3.8) is 0 Å². The van der Waals surface area contributed by atoms with Crippen molar-refractivity contribution in [1.29, 1.82) is 0 Å². The van der Waals surface area contributed by atoms with Gasteiger partial charge in [0.1, 0.15) is 13.2 Å². The molecule has 69 heavy (non-hydrogen) atoms. The van der Waals surface area contributed by atoms with Gasteiger partial charge in [-0.15, -0.1) is 0 Å². The van der Waals surface area contributed by atoms with E-state index in [1.54, 1.807) is 6.08 Å². The molecule has 0 aliphatic rings. The summed E-state index contributed by atoms with van der Waals surface area (Å²) in [6, 6.07) is 0. The van der Waals surface area contributed by atoms with E-state index in [9.17, 15) is 14.4 Å². The highest BCUT2D eigenvalue weighted by Gasteiger charge is 2.19. The van der Waals surface area contributed by atoms with Gasteiger partial charge in [0.25, 0.3) is 0 Å². The second-order valence-electron chi connectivity index (χ2n) is 19.9. The van der Waals surface area contributed by atoms with Crippen LogP contribution in [0.5, 0.6) is 0 Å². The lowest BCUT2D eigenvalue weighted by Gasteiger charge is -2.18. The summed E-state index contributed by atoms with van der Waals surface area (Å²) in [6.07, 6.45) is 72.5. The first kappa shape index (κ1) is 66.1. The molecular weight excluding hydrogens is 853 g/mol. The Balaban J connectivity index is 4.36. The average Bonchev–Trinajstić information content (AvgIpc) is 3.35. The summed E-state index contributed by atoms with van der Waals surface area (Å²) in [5, 5.41) is 0. The third kappa shape index (κ3) is 55.9. The van der Waals surface area contributed by atoms with Crippen LogP contribution in [0.15, 0.2) is 60.8 Å². The molecule has 0 N–H and O–H groups in total. The third-order valence-electron chi connectivity index (χ3n) is 13.1. The lowest BCUT2D eigenvalue weighted by atomic mass is 10.0. The Bertz CT molecular complexity index is 1250. The predicted octanol–water partition coefficient (Wildman–Crippen LogP) is 20.0. The lowest BCUT2D eigenvalue weighted by Crippen LogP contribution is -2.30. The van der Waals surface area contributed by atoms with Gasteiger partial charge in [0.15, 0.2) is 6.10 Å². The number of unbranched alkanes of at least 4 members (excludes halogenated alkanes) is 34.